The van der Waals surface area contributed by atoms with Crippen molar-refractivity contribution in [3.8, 4) is 0 Å². The van der Waals surface area contributed by atoms with Crippen LogP contribution in [-0.4, -0.2) is 46.5 Å². The van der Waals surface area contributed by atoms with Crippen molar-refractivity contribution in [3.63, 3.8) is 0 Å². The number of piperidine rings is 1. The van der Waals surface area contributed by atoms with Crippen LogP contribution in [0.2, 0.25) is 0 Å². The van der Waals surface area contributed by atoms with Crippen molar-refractivity contribution >= 4 is 5.91 Å². The summed E-state index contributed by atoms with van der Waals surface area (Å²) in [5.41, 5.74) is 1.26. The summed E-state index contributed by atoms with van der Waals surface area (Å²) in [6.07, 6.45) is 8.16. The van der Waals surface area contributed by atoms with Crippen LogP contribution in [0.4, 0.5) is 0 Å². The van der Waals surface area contributed by atoms with Crippen molar-refractivity contribution < 1.29 is 4.79 Å². The molecule has 1 amide bonds. The molecule has 5 heteroatoms. The SMILES string of the molecule is CCc1nccn1CC1CCN(CC(=O)NCCc2ccccc2)CC1. The Kier molecular flexibility index (Phi) is 6.83. The van der Waals surface area contributed by atoms with E-state index in [1.54, 1.807) is 0 Å². The number of carbonyl (C=O) groups is 1. The normalized spacial score (nSPS) is 15.9. The quantitative estimate of drug-likeness (QED) is 0.792. The smallest absolute Gasteiger partial charge is 0.234 e. The van der Waals surface area contributed by atoms with Crippen LogP contribution in [0.25, 0.3) is 0 Å². The van der Waals surface area contributed by atoms with E-state index in [1.807, 2.05) is 24.4 Å². The number of hydrogen-bond donors (Lipinski definition) is 1. The molecule has 1 aliphatic heterocycles. The number of aryl methyl sites for hydroxylation is 1. The average molecular weight is 354 g/mol. The summed E-state index contributed by atoms with van der Waals surface area (Å²) in [5, 5.41) is 3.05. The van der Waals surface area contributed by atoms with Crippen molar-refractivity contribution in [1.82, 2.24) is 19.8 Å². The molecule has 1 aliphatic rings. The fraction of sp³-hybridized carbons (Fsp3) is 0.524. The van der Waals surface area contributed by atoms with Gasteiger partial charge in [-0.15, -0.1) is 0 Å². The Labute approximate surface area is 156 Å². The Balaban J connectivity index is 1.34. The number of likely N-dealkylation sites (tertiary alicyclic amines) is 1. The number of rotatable bonds is 8. The van der Waals surface area contributed by atoms with Crippen LogP contribution >= 0.6 is 0 Å². The maximum Gasteiger partial charge on any atom is 0.234 e. The molecule has 2 aromatic rings. The molecular formula is C21H30N4O. The van der Waals surface area contributed by atoms with Crippen molar-refractivity contribution in [3.05, 3.63) is 54.1 Å². The van der Waals surface area contributed by atoms with E-state index in [1.165, 1.54) is 11.4 Å². The first-order chi connectivity index (χ1) is 12.7. The summed E-state index contributed by atoms with van der Waals surface area (Å²) < 4.78 is 2.29. The van der Waals surface area contributed by atoms with Gasteiger partial charge in [0.25, 0.3) is 0 Å². The molecule has 1 N–H and O–H groups in total. The molecule has 1 aromatic heterocycles. The summed E-state index contributed by atoms with van der Waals surface area (Å²) in [4.78, 5) is 18.8. The Hall–Kier alpha value is -2.14. The van der Waals surface area contributed by atoms with E-state index in [2.05, 4.69) is 45.0 Å². The van der Waals surface area contributed by atoms with Gasteiger partial charge in [-0.3, -0.25) is 9.69 Å². The molecule has 0 aliphatic carbocycles. The van der Waals surface area contributed by atoms with Gasteiger partial charge in [0.15, 0.2) is 0 Å². The molecule has 0 atom stereocenters. The van der Waals surface area contributed by atoms with E-state index >= 15 is 0 Å². The molecule has 1 saturated heterocycles. The summed E-state index contributed by atoms with van der Waals surface area (Å²) in [6, 6.07) is 10.3. The maximum atomic E-state index is 12.2. The van der Waals surface area contributed by atoms with Gasteiger partial charge in [0.1, 0.15) is 5.82 Å². The van der Waals surface area contributed by atoms with E-state index in [0.717, 1.165) is 45.3 Å². The highest BCUT2D eigenvalue weighted by atomic mass is 16.2. The predicted molar refractivity (Wildman–Crippen MR) is 104 cm³/mol. The van der Waals surface area contributed by atoms with Crippen LogP contribution in [0.5, 0.6) is 0 Å². The summed E-state index contributed by atoms with van der Waals surface area (Å²) in [6.45, 7) is 6.45. The Morgan fingerprint density at radius 3 is 2.73 bits per heavy atom. The van der Waals surface area contributed by atoms with E-state index in [4.69, 9.17) is 0 Å². The number of imidazole rings is 1. The predicted octanol–water partition coefficient (Wildman–Crippen LogP) is 2.52. The van der Waals surface area contributed by atoms with Gasteiger partial charge in [0.05, 0.1) is 6.54 Å². The Morgan fingerprint density at radius 2 is 2.00 bits per heavy atom. The zero-order valence-corrected chi connectivity index (χ0v) is 15.7. The molecule has 5 nitrogen and oxygen atoms in total. The maximum absolute atomic E-state index is 12.2. The first-order valence-electron chi connectivity index (χ1n) is 9.77. The lowest BCUT2D eigenvalue weighted by molar-refractivity contribution is -0.122. The lowest BCUT2D eigenvalue weighted by Gasteiger charge is -2.31. The minimum Gasteiger partial charge on any atom is -0.355 e. The molecule has 1 aromatic carbocycles. The topological polar surface area (TPSA) is 50.2 Å². The molecule has 140 valence electrons. The number of nitrogens with one attached hydrogen (secondary N) is 1. The minimum atomic E-state index is 0.141. The van der Waals surface area contributed by atoms with Gasteiger partial charge in [-0.1, -0.05) is 37.3 Å². The molecular weight excluding hydrogens is 324 g/mol. The second-order valence-electron chi connectivity index (χ2n) is 7.15. The van der Waals surface area contributed by atoms with Gasteiger partial charge < -0.3 is 9.88 Å². The number of carbonyl (C=O) groups excluding carboxylic acids is 1. The molecule has 2 heterocycles. The molecule has 0 spiro atoms. The molecule has 3 rings (SSSR count). The number of aromatic nitrogens is 2. The average Bonchev–Trinajstić information content (AvgIpc) is 3.11. The summed E-state index contributed by atoms with van der Waals surface area (Å²) >= 11 is 0. The van der Waals surface area contributed by atoms with E-state index < -0.39 is 0 Å². The standard InChI is InChI=1S/C21H30N4O/c1-2-20-22-12-15-25(20)16-19-9-13-24(14-10-19)17-21(26)23-11-8-18-6-4-3-5-7-18/h3-7,12,15,19H,2,8-11,13-14,16-17H2,1H3,(H,23,26). The van der Waals surface area contributed by atoms with Crippen LogP contribution in [0, 0.1) is 5.92 Å². The highest BCUT2D eigenvalue weighted by molar-refractivity contribution is 5.78. The molecule has 0 unspecified atom stereocenters. The van der Waals surface area contributed by atoms with E-state index in [-0.39, 0.29) is 5.91 Å². The molecule has 1 fully saturated rings. The largest absolute Gasteiger partial charge is 0.355 e. The zero-order chi connectivity index (χ0) is 18.2. The van der Waals surface area contributed by atoms with Crippen LogP contribution < -0.4 is 5.32 Å². The van der Waals surface area contributed by atoms with E-state index in [0.29, 0.717) is 19.0 Å². The number of benzene rings is 1. The minimum absolute atomic E-state index is 0.141. The highest BCUT2D eigenvalue weighted by Crippen LogP contribution is 2.19. The second kappa shape index (κ2) is 9.53. The zero-order valence-electron chi connectivity index (χ0n) is 15.7. The van der Waals surface area contributed by atoms with Gasteiger partial charge in [-0.2, -0.15) is 0 Å². The fourth-order valence-corrected chi connectivity index (χ4v) is 3.68. The third-order valence-corrected chi connectivity index (χ3v) is 5.23. The van der Waals surface area contributed by atoms with Gasteiger partial charge in [-0.05, 0) is 43.8 Å². The second-order valence-corrected chi connectivity index (χ2v) is 7.15. The summed E-state index contributed by atoms with van der Waals surface area (Å²) in [7, 11) is 0. The number of hydrogen-bond acceptors (Lipinski definition) is 3. The van der Waals surface area contributed by atoms with Crippen molar-refractivity contribution in [2.75, 3.05) is 26.2 Å². The molecule has 0 saturated carbocycles. The van der Waals surface area contributed by atoms with Crippen molar-refractivity contribution in [2.45, 2.75) is 39.2 Å². The van der Waals surface area contributed by atoms with Crippen LogP contribution in [0.3, 0.4) is 0 Å². The lowest BCUT2D eigenvalue weighted by Crippen LogP contribution is -2.42. The molecule has 0 bridgehead atoms. The highest BCUT2D eigenvalue weighted by Gasteiger charge is 2.21. The van der Waals surface area contributed by atoms with E-state index in [9.17, 15) is 4.79 Å². The van der Waals surface area contributed by atoms with Crippen molar-refractivity contribution in [1.29, 1.82) is 0 Å². The van der Waals surface area contributed by atoms with Gasteiger partial charge in [-0.25, -0.2) is 4.98 Å². The lowest BCUT2D eigenvalue weighted by atomic mass is 9.96. The fourth-order valence-electron chi connectivity index (χ4n) is 3.68. The van der Waals surface area contributed by atoms with Crippen LogP contribution in [-0.2, 0) is 24.2 Å². The van der Waals surface area contributed by atoms with Crippen LogP contribution in [0.1, 0.15) is 31.2 Å². The van der Waals surface area contributed by atoms with Gasteiger partial charge in [0.2, 0.25) is 5.91 Å². The Morgan fingerprint density at radius 1 is 1.23 bits per heavy atom. The summed E-state index contributed by atoms with van der Waals surface area (Å²) in [5.74, 6) is 2.00. The first kappa shape index (κ1) is 18.6. The number of amides is 1. The monoisotopic (exact) mass is 354 g/mol. The van der Waals surface area contributed by atoms with Gasteiger partial charge in [0, 0.05) is 31.9 Å². The molecule has 26 heavy (non-hydrogen) atoms. The van der Waals surface area contributed by atoms with Crippen molar-refractivity contribution in [2.24, 2.45) is 5.92 Å². The van der Waals surface area contributed by atoms with Crippen LogP contribution in [0.15, 0.2) is 42.7 Å². The first-order valence-corrected chi connectivity index (χ1v) is 9.77. The Bertz CT molecular complexity index is 674. The number of nitrogens with zero attached hydrogens (tertiary/aromatic N) is 3. The van der Waals surface area contributed by atoms with Gasteiger partial charge >= 0.3 is 0 Å². The molecule has 0 radical (unpaired) electrons. The third-order valence-electron chi connectivity index (χ3n) is 5.23. The third kappa shape index (κ3) is 5.43.